The number of methoxy groups -OCH3 is 1. The van der Waals surface area contributed by atoms with Crippen LogP contribution in [0.1, 0.15) is 61.1 Å². The van der Waals surface area contributed by atoms with Gasteiger partial charge in [-0.2, -0.15) is 0 Å². The lowest BCUT2D eigenvalue weighted by atomic mass is 9.86. The van der Waals surface area contributed by atoms with Gasteiger partial charge in [0.15, 0.2) is 0 Å². The lowest BCUT2D eigenvalue weighted by Gasteiger charge is -2.22. The standard InChI is InChI=1S/C14H19NO2/c1-14(2,3)12-11(13(16)17-4)10(7-8-15-12)9-5-6-9/h7-9H,5-6H2,1-4H3. The van der Waals surface area contributed by atoms with Gasteiger partial charge in [0, 0.05) is 11.6 Å². The molecule has 0 atom stereocenters. The molecule has 0 amide bonds. The highest BCUT2D eigenvalue weighted by atomic mass is 16.5. The van der Waals surface area contributed by atoms with Gasteiger partial charge in [-0.1, -0.05) is 20.8 Å². The zero-order valence-corrected chi connectivity index (χ0v) is 10.9. The maximum absolute atomic E-state index is 12.0. The van der Waals surface area contributed by atoms with Crippen molar-refractivity contribution in [3.63, 3.8) is 0 Å². The van der Waals surface area contributed by atoms with Crippen molar-refractivity contribution in [1.82, 2.24) is 4.98 Å². The summed E-state index contributed by atoms with van der Waals surface area (Å²) in [7, 11) is 1.43. The fourth-order valence-electron chi connectivity index (χ4n) is 2.10. The van der Waals surface area contributed by atoms with Gasteiger partial charge in [0.1, 0.15) is 0 Å². The minimum atomic E-state index is -0.259. The summed E-state index contributed by atoms with van der Waals surface area (Å²) < 4.78 is 4.91. The maximum Gasteiger partial charge on any atom is 0.340 e. The fourth-order valence-corrected chi connectivity index (χ4v) is 2.10. The van der Waals surface area contributed by atoms with E-state index in [0.29, 0.717) is 11.5 Å². The molecule has 1 aliphatic carbocycles. The molecule has 3 nitrogen and oxygen atoms in total. The van der Waals surface area contributed by atoms with Crippen molar-refractivity contribution in [1.29, 1.82) is 0 Å². The minimum absolute atomic E-state index is 0.144. The first-order valence-electron chi connectivity index (χ1n) is 6.03. The van der Waals surface area contributed by atoms with Gasteiger partial charge in [0.2, 0.25) is 0 Å². The minimum Gasteiger partial charge on any atom is -0.465 e. The first-order chi connectivity index (χ1) is 7.95. The van der Waals surface area contributed by atoms with Gasteiger partial charge >= 0.3 is 5.97 Å². The summed E-state index contributed by atoms with van der Waals surface area (Å²) in [5.74, 6) is 0.262. The zero-order valence-electron chi connectivity index (χ0n) is 10.9. The van der Waals surface area contributed by atoms with E-state index in [0.717, 1.165) is 24.1 Å². The molecule has 2 rings (SSSR count). The van der Waals surface area contributed by atoms with Crippen LogP contribution in [0.2, 0.25) is 0 Å². The molecule has 1 aromatic heterocycles. The molecule has 0 aromatic carbocycles. The number of carbonyl (C=O) groups is 1. The number of esters is 1. The molecular weight excluding hydrogens is 214 g/mol. The predicted octanol–water partition coefficient (Wildman–Crippen LogP) is 3.04. The number of nitrogens with zero attached hydrogens (tertiary/aromatic N) is 1. The van der Waals surface area contributed by atoms with E-state index in [4.69, 9.17) is 4.74 Å². The van der Waals surface area contributed by atoms with E-state index in [1.807, 2.05) is 6.07 Å². The smallest absolute Gasteiger partial charge is 0.340 e. The van der Waals surface area contributed by atoms with E-state index in [1.54, 1.807) is 6.20 Å². The van der Waals surface area contributed by atoms with Crippen LogP contribution in [-0.4, -0.2) is 18.1 Å². The SMILES string of the molecule is COC(=O)c1c(C2CC2)ccnc1C(C)(C)C. The third-order valence-electron chi connectivity index (χ3n) is 3.10. The van der Waals surface area contributed by atoms with Gasteiger partial charge in [-0.15, -0.1) is 0 Å². The van der Waals surface area contributed by atoms with Crippen molar-refractivity contribution >= 4 is 5.97 Å². The summed E-state index contributed by atoms with van der Waals surface area (Å²) in [4.78, 5) is 16.4. The first-order valence-corrected chi connectivity index (χ1v) is 6.03. The number of hydrogen-bond donors (Lipinski definition) is 0. The Morgan fingerprint density at radius 1 is 1.41 bits per heavy atom. The Bertz CT molecular complexity index is 442. The highest BCUT2D eigenvalue weighted by Crippen LogP contribution is 2.43. The van der Waals surface area contributed by atoms with Crippen LogP contribution < -0.4 is 0 Å². The molecule has 1 aliphatic rings. The number of carbonyl (C=O) groups excluding carboxylic acids is 1. The van der Waals surface area contributed by atoms with Crippen molar-refractivity contribution < 1.29 is 9.53 Å². The molecule has 0 aliphatic heterocycles. The monoisotopic (exact) mass is 233 g/mol. The number of ether oxygens (including phenoxy) is 1. The van der Waals surface area contributed by atoms with Crippen LogP contribution in [0.3, 0.4) is 0 Å². The van der Waals surface area contributed by atoms with Crippen LogP contribution in [0.25, 0.3) is 0 Å². The highest BCUT2D eigenvalue weighted by molar-refractivity contribution is 5.93. The molecule has 0 saturated heterocycles. The van der Waals surface area contributed by atoms with Crippen LogP contribution >= 0.6 is 0 Å². The summed E-state index contributed by atoms with van der Waals surface area (Å²) in [5, 5.41) is 0. The lowest BCUT2D eigenvalue weighted by Crippen LogP contribution is -2.21. The van der Waals surface area contributed by atoms with Gasteiger partial charge in [-0.3, -0.25) is 4.98 Å². The van der Waals surface area contributed by atoms with Gasteiger partial charge < -0.3 is 4.74 Å². The van der Waals surface area contributed by atoms with Crippen LogP contribution in [0.15, 0.2) is 12.3 Å². The Hall–Kier alpha value is -1.38. The number of hydrogen-bond acceptors (Lipinski definition) is 3. The van der Waals surface area contributed by atoms with Gasteiger partial charge in [0.05, 0.1) is 18.4 Å². The molecule has 92 valence electrons. The van der Waals surface area contributed by atoms with E-state index in [-0.39, 0.29) is 11.4 Å². The van der Waals surface area contributed by atoms with Crippen molar-refractivity contribution in [2.75, 3.05) is 7.11 Å². The van der Waals surface area contributed by atoms with Crippen molar-refractivity contribution in [2.24, 2.45) is 0 Å². The second-order valence-electron chi connectivity index (χ2n) is 5.64. The van der Waals surface area contributed by atoms with Crippen molar-refractivity contribution in [3.05, 3.63) is 29.1 Å². The summed E-state index contributed by atoms with van der Waals surface area (Å²) >= 11 is 0. The summed E-state index contributed by atoms with van der Waals surface area (Å²) in [6.07, 6.45) is 4.13. The van der Waals surface area contributed by atoms with Gasteiger partial charge in [-0.25, -0.2) is 4.79 Å². The average Bonchev–Trinajstić information content (AvgIpc) is 3.09. The Morgan fingerprint density at radius 3 is 2.53 bits per heavy atom. The third-order valence-corrected chi connectivity index (χ3v) is 3.10. The van der Waals surface area contributed by atoms with E-state index < -0.39 is 0 Å². The van der Waals surface area contributed by atoms with Crippen LogP contribution in [0.4, 0.5) is 0 Å². The molecule has 0 spiro atoms. The second kappa shape index (κ2) is 4.13. The van der Waals surface area contributed by atoms with Crippen LogP contribution in [0.5, 0.6) is 0 Å². The average molecular weight is 233 g/mol. The molecule has 0 radical (unpaired) electrons. The largest absolute Gasteiger partial charge is 0.465 e. The Kier molecular flexibility index (Phi) is 2.94. The summed E-state index contributed by atoms with van der Waals surface area (Å²) in [6, 6.07) is 1.96. The zero-order chi connectivity index (χ0) is 12.6. The number of aromatic nitrogens is 1. The summed E-state index contributed by atoms with van der Waals surface area (Å²) in [5.41, 5.74) is 2.49. The molecule has 0 unspecified atom stereocenters. The Balaban J connectivity index is 2.58. The quantitative estimate of drug-likeness (QED) is 0.737. The molecule has 1 saturated carbocycles. The predicted molar refractivity (Wildman–Crippen MR) is 66.3 cm³/mol. The van der Waals surface area contributed by atoms with Gasteiger partial charge in [0.25, 0.3) is 0 Å². The Labute approximate surface area is 102 Å². The third kappa shape index (κ3) is 2.33. The van der Waals surface area contributed by atoms with E-state index in [9.17, 15) is 4.79 Å². The van der Waals surface area contributed by atoms with Crippen LogP contribution in [0, 0.1) is 0 Å². The molecule has 3 heteroatoms. The molecular formula is C14H19NO2. The highest BCUT2D eigenvalue weighted by Gasteiger charge is 2.33. The fraction of sp³-hybridized carbons (Fsp3) is 0.571. The first kappa shape index (κ1) is 12.1. The number of rotatable bonds is 2. The molecule has 1 aromatic rings. The van der Waals surface area contributed by atoms with Gasteiger partial charge in [-0.05, 0) is 30.4 Å². The molecule has 1 fully saturated rings. The lowest BCUT2D eigenvalue weighted by molar-refractivity contribution is 0.0595. The molecule has 17 heavy (non-hydrogen) atoms. The van der Waals surface area contributed by atoms with Crippen molar-refractivity contribution in [2.45, 2.75) is 44.9 Å². The molecule has 1 heterocycles. The van der Waals surface area contributed by atoms with Crippen molar-refractivity contribution in [3.8, 4) is 0 Å². The second-order valence-corrected chi connectivity index (χ2v) is 5.64. The molecule has 0 bridgehead atoms. The van der Waals surface area contributed by atoms with E-state index >= 15 is 0 Å². The van der Waals surface area contributed by atoms with Crippen LogP contribution in [-0.2, 0) is 10.2 Å². The Morgan fingerprint density at radius 2 is 2.06 bits per heavy atom. The normalized spacial score (nSPS) is 15.8. The topological polar surface area (TPSA) is 39.2 Å². The van der Waals surface area contributed by atoms with E-state index in [1.165, 1.54) is 7.11 Å². The summed E-state index contributed by atoms with van der Waals surface area (Å²) in [6.45, 7) is 6.20. The number of pyridine rings is 1. The maximum atomic E-state index is 12.0. The van der Waals surface area contributed by atoms with E-state index in [2.05, 4.69) is 25.8 Å². The molecule has 0 N–H and O–H groups in total.